The van der Waals surface area contributed by atoms with Crippen molar-refractivity contribution in [3.8, 4) is 6.07 Å². The SMILES string of the molecule is COC(=O)Nc1nc2ccccc2n1C(=O)NC1(C#N)CCCCC1. The summed E-state index contributed by atoms with van der Waals surface area (Å²) in [6, 6.07) is 8.78. The molecule has 1 aromatic carbocycles. The zero-order valence-electron chi connectivity index (χ0n) is 13.9. The Morgan fingerprint density at radius 3 is 2.68 bits per heavy atom. The fourth-order valence-electron chi connectivity index (χ4n) is 3.14. The second-order valence-corrected chi connectivity index (χ2v) is 6.06. The van der Waals surface area contributed by atoms with Crippen molar-refractivity contribution in [1.82, 2.24) is 14.9 Å². The average Bonchev–Trinajstić information content (AvgIpc) is 3.00. The molecule has 1 heterocycles. The fourth-order valence-corrected chi connectivity index (χ4v) is 3.14. The van der Waals surface area contributed by atoms with Gasteiger partial charge < -0.3 is 10.1 Å². The van der Waals surface area contributed by atoms with Gasteiger partial charge in [-0.05, 0) is 25.0 Å². The summed E-state index contributed by atoms with van der Waals surface area (Å²) in [6.45, 7) is 0. The van der Waals surface area contributed by atoms with Gasteiger partial charge in [-0.3, -0.25) is 5.32 Å². The Labute approximate surface area is 144 Å². The number of rotatable bonds is 2. The van der Waals surface area contributed by atoms with E-state index in [4.69, 9.17) is 0 Å². The van der Waals surface area contributed by atoms with Crippen LogP contribution in [0.5, 0.6) is 0 Å². The van der Waals surface area contributed by atoms with Gasteiger partial charge in [0.05, 0.1) is 24.2 Å². The van der Waals surface area contributed by atoms with Gasteiger partial charge in [-0.25, -0.2) is 19.1 Å². The fraction of sp³-hybridized carbons (Fsp3) is 0.412. The Morgan fingerprint density at radius 1 is 1.28 bits per heavy atom. The molecule has 0 bridgehead atoms. The molecule has 1 aliphatic rings. The Hall–Kier alpha value is -3.08. The predicted octanol–water partition coefficient (Wildman–Crippen LogP) is 3.00. The molecule has 8 heteroatoms. The lowest BCUT2D eigenvalue weighted by atomic mass is 9.83. The number of carbonyl (C=O) groups excluding carboxylic acids is 2. The number of aromatic nitrogens is 2. The van der Waals surface area contributed by atoms with Gasteiger partial charge >= 0.3 is 12.1 Å². The number of nitrogens with one attached hydrogen (secondary N) is 2. The van der Waals surface area contributed by atoms with E-state index in [1.54, 1.807) is 24.3 Å². The van der Waals surface area contributed by atoms with Crippen LogP contribution in [0.2, 0.25) is 0 Å². The first kappa shape index (κ1) is 16.8. The second-order valence-electron chi connectivity index (χ2n) is 6.06. The van der Waals surface area contributed by atoms with Gasteiger partial charge in [0.15, 0.2) is 0 Å². The van der Waals surface area contributed by atoms with Crippen molar-refractivity contribution >= 4 is 29.1 Å². The van der Waals surface area contributed by atoms with Crippen molar-refractivity contribution < 1.29 is 14.3 Å². The lowest BCUT2D eigenvalue weighted by Gasteiger charge is -2.31. The Bertz CT molecular complexity index is 846. The lowest BCUT2D eigenvalue weighted by molar-refractivity contribution is 0.186. The summed E-state index contributed by atoms with van der Waals surface area (Å²) in [5, 5.41) is 14.9. The molecule has 0 unspecified atom stereocenters. The quantitative estimate of drug-likeness (QED) is 0.872. The predicted molar refractivity (Wildman–Crippen MR) is 91.1 cm³/mol. The maximum absolute atomic E-state index is 12.9. The van der Waals surface area contributed by atoms with E-state index in [-0.39, 0.29) is 5.95 Å². The number of methoxy groups -OCH3 is 1. The third-order valence-corrected chi connectivity index (χ3v) is 4.43. The smallest absolute Gasteiger partial charge is 0.413 e. The highest BCUT2D eigenvalue weighted by Gasteiger charge is 2.35. The van der Waals surface area contributed by atoms with Crippen LogP contribution in [0.3, 0.4) is 0 Å². The van der Waals surface area contributed by atoms with Crippen LogP contribution in [0.1, 0.15) is 32.1 Å². The normalized spacial score (nSPS) is 16.0. The first-order valence-corrected chi connectivity index (χ1v) is 8.15. The van der Waals surface area contributed by atoms with Crippen LogP contribution in [0.4, 0.5) is 15.5 Å². The van der Waals surface area contributed by atoms with Crippen molar-refractivity contribution in [2.75, 3.05) is 12.4 Å². The zero-order chi connectivity index (χ0) is 17.9. The molecule has 1 saturated carbocycles. The van der Waals surface area contributed by atoms with Crippen LogP contribution in [0.25, 0.3) is 11.0 Å². The lowest BCUT2D eigenvalue weighted by Crippen LogP contribution is -2.50. The number of nitrogens with zero attached hydrogens (tertiary/aromatic N) is 3. The number of nitriles is 1. The summed E-state index contributed by atoms with van der Waals surface area (Å²) < 4.78 is 5.85. The maximum atomic E-state index is 12.9. The number of ether oxygens (including phenoxy) is 1. The van der Waals surface area contributed by atoms with Crippen LogP contribution in [0, 0.1) is 11.3 Å². The summed E-state index contributed by atoms with van der Waals surface area (Å²) in [5.74, 6) is 0.0504. The third kappa shape index (κ3) is 3.26. The molecule has 1 fully saturated rings. The highest BCUT2D eigenvalue weighted by Crippen LogP contribution is 2.28. The molecule has 130 valence electrons. The molecule has 0 saturated heterocycles. The number of imidazole rings is 1. The van der Waals surface area contributed by atoms with Crippen molar-refractivity contribution in [2.45, 2.75) is 37.6 Å². The van der Waals surface area contributed by atoms with Gasteiger partial charge in [0.1, 0.15) is 5.54 Å². The van der Waals surface area contributed by atoms with Gasteiger partial charge in [0.25, 0.3) is 0 Å². The van der Waals surface area contributed by atoms with E-state index in [9.17, 15) is 14.9 Å². The van der Waals surface area contributed by atoms with Crippen LogP contribution < -0.4 is 10.6 Å². The van der Waals surface area contributed by atoms with Crippen molar-refractivity contribution in [3.05, 3.63) is 24.3 Å². The largest absolute Gasteiger partial charge is 0.453 e. The highest BCUT2D eigenvalue weighted by atomic mass is 16.5. The second kappa shape index (κ2) is 6.81. The molecule has 0 spiro atoms. The van der Waals surface area contributed by atoms with Crippen LogP contribution in [-0.4, -0.2) is 34.3 Å². The first-order valence-electron chi connectivity index (χ1n) is 8.15. The van der Waals surface area contributed by atoms with Crippen LogP contribution in [-0.2, 0) is 4.74 Å². The molecule has 8 nitrogen and oxygen atoms in total. The molecule has 1 aromatic heterocycles. The molecular formula is C17H19N5O3. The minimum atomic E-state index is -0.886. The van der Waals surface area contributed by atoms with Crippen LogP contribution >= 0.6 is 0 Å². The number of benzene rings is 1. The average molecular weight is 341 g/mol. The van der Waals surface area contributed by atoms with Crippen molar-refractivity contribution in [1.29, 1.82) is 5.26 Å². The molecule has 2 amide bonds. The van der Waals surface area contributed by atoms with Crippen molar-refractivity contribution in [3.63, 3.8) is 0 Å². The number of anilines is 1. The standard InChI is InChI=1S/C17H19N5O3/c1-25-16(24)20-14-19-12-7-3-4-8-13(12)22(14)15(23)21-17(11-18)9-5-2-6-10-17/h3-4,7-8H,2,5-6,9-10H2,1H3,(H,21,23)(H,19,20,24). The molecule has 3 rings (SSSR count). The van der Waals surface area contributed by atoms with Crippen LogP contribution in [0.15, 0.2) is 24.3 Å². The van der Waals surface area contributed by atoms with Gasteiger partial charge in [-0.2, -0.15) is 5.26 Å². The number of carbonyl (C=O) groups is 2. The summed E-state index contributed by atoms with van der Waals surface area (Å²) in [6.07, 6.45) is 3.35. The summed E-state index contributed by atoms with van der Waals surface area (Å²) in [7, 11) is 1.23. The van der Waals surface area contributed by atoms with E-state index >= 15 is 0 Å². The summed E-state index contributed by atoms with van der Waals surface area (Å²) >= 11 is 0. The van der Waals surface area contributed by atoms with Gasteiger partial charge in [-0.15, -0.1) is 0 Å². The van der Waals surface area contributed by atoms with E-state index in [1.807, 2.05) is 0 Å². The van der Waals surface area contributed by atoms with E-state index in [0.29, 0.717) is 23.9 Å². The minimum Gasteiger partial charge on any atom is -0.453 e. The van der Waals surface area contributed by atoms with Gasteiger partial charge in [0.2, 0.25) is 5.95 Å². The van der Waals surface area contributed by atoms with E-state index in [0.717, 1.165) is 19.3 Å². The Kier molecular flexibility index (Phi) is 4.57. The molecule has 25 heavy (non-hydrogen) atoms. The number of hydrogen-bond donors (Lipinski definition) is 2. The Balaban J connectivity index is 1.98. The maximum Gasteiger partial charge on any atom is 0.413 e. The molecule has 2 N–H and O–H groups in total. The number of hydrogen-bond acceptors (Lipinski definition) is 5. The monoisotopic (exact) mass is 341 g/mol. The van der Waals surface area contributed by atoms with Crippen molar-refractivity contribution in [2.24, 2.45) is 0 Å². The van der Waals surface area contributed by atoms with Gasteiger partial charge in [-0.1, -0.05) is 31.4 Å². The minimum absolute atomic E-state index is 0.0504. The highest BCUT2D eigenvalue weighted by molar-refractivity contribution is 5.96. The van der Waals surface area contributed by atoms with E-state index < -0.39 is 17.7 Å². The summed E-state index contributed by atoms with van der Waals surface area (Å²) in [4.78, 5) is 28.8. The Morgan fingerprint density at radius 2 is 2.00 bits per heavy atom. The molecule has 2 aromatic rings. The third-order valence-electron chi connectivity index (χ3n) is 4.43. The number of para-hydroxylation sites is 2. The molecule has 0 radical (unpaired) electrons. The first-order chi connectivity index (χ1) is 12.1. The molecule has 0 atom stereocenters. The van der Waals surface area contributed by atoms with E-state index in [1.165, 1.54) is 11.7 Å². The number of fused-ring (bicyclic) bond motifs is 1. The molecule has 0 aliphatic heterocycles. The van der Waals surface area contributed by atoms with E-state index in [2.05, 4.69) is 26.4 Å². The molecular weight excluding hydrogens is 322 g/mol. The number of amides is 2. The summed E-state index contributed by atoms with van der Waals surface area (Å²) in [5.41, 5.74) is 0.206. The topological polar surface area (TPSA) is 109 Å². The van der Waals surface area contributed by atoms with Gasteiger partial charge in [0, 0.05) is 0 Å². The molecule has 1 aliphatic carbocycles. The zero-order valence-corrected chi connectivity index (χ0v) is 13.9.